The summed E-state index contributed by atoms with van der Waals surface area (Å²) in [7, 11) is 6.00. The van der Waals surface area contributed by atoms with Crippen LogP contribution in [0.3, 0.4) is 0 Å². The zero-order chi connectivity index (χ0) is 16.3. The van der Waals surface area contributed by atoms with E-state index in [1.807, 2.05) is 28.1 Å². The van der Waals surface area contributed by atoms with Gasteiger partial charge in [-0.25, -0.2) is 4.79 Å². The van der Waals surface area contributed by atoms with Gasteiger partial charge in [0.05, 0.1) is 7.05 Å². The molecule has 0 aliphatic carbocycles. The molecule has 1 heterocycles. The minimum Gasteiger partial charge on any atom is -0.378 e. The summed E-state index contributed by atoms with van der Waals surface area (Å²) in [4.78, 5) is 28.4. The van der Waals surface area contributed by atoms with Crippen molar-refractivity contribution in [2.24, 2.45) is 0 Å². The van der Waals surface area contributed by atoms with Gasteiger partial charge in [0.1, 0.15) is 6.54 Å². The Morgan fingerprint density at radius 3 is 2.50 bits per heavy atom. The molecule has 1 fully saturated rings. The molecule has 1 aliphatic heterocycles. The quantitative estimate of drug-likeness (QED) is 0.786. The predicted octanol–water partition coefficient (Wildman–Crippen LogP) is -0.292. The highest BCUT2D eigenvalue weighted by Gasteiger charge is 2.33. The van der Waals surface area contributed by atoms with Gasteiger partial charge in [-0.2, -0.15) is 0 Å². The van der Waals surface area contributed by atoms with Crippen LogP contribution in [-0.4, -0.2) is 57.1 Å². The van der Waals surface area contributed by atoms with Crippen molar-refractivity contribution in [1.82, 2.24) is 10.2 Å². The fourth-order valence-corrected chi connectivity index (χ4v) is 2.51. The Hall–Kier alpha value is -2.08. The third-order valence-corrected chi connectivity index (χ3v) is 4.17. The highest BCUT2D eigenvalue weighted by Crippen LogP contribution is 2.11. The maximum Gasteiger partial charge on any atom is 0.324 e. The SMILES string of the molecule is C[C@H](C(=O)N1CCNC1=O)[NH+](C)Cc1ccc(N(C)C)cc1. The Morgan fingerprint density at radius 1 is 1.36 bits per heavy atom. The van der Waals surface area contributed by atoms with Crippen LogP contribution in [-0.2, 0) is 11.3 Å². The smallest absolute Gasteiger partial charge is 0.324 e. The molecule has 0 saturated carbocycles. The molecule has 2 rings (SSSR count). The Balaban J connectivity index is 1.97. The van der Waals surface area contributed by atoms with Gasteiger partial charge in [0.15, 0.2) is 6.04 Å². The number of benzene rings is 1. The zero-order valence-corrected chi connectivity index (χ0v) is 13.7. The first-order valence-electron chi connectivity index (χ1n) is 7.58. The highest BCUT2D eigenvalue weighted by molar-refractivity contribution is 5.97. The molecule has 0 radical (unpaired) electrons. The Kier molecular flexibility index (Phi) is 5.03. The minimum absolute atomic E-state index is 0.114. The summed E-state index contributed by atoms with van der Waals surface area (Å²) < 4.78 is 0. The zero-order valence-electron chi connectivity index (χ0n) is 13.7. The molecule has 3 amide bonds. The lowest BCUT2D eigenvalue weighted by molar-refractivity contribution is -0.908. The van der Waals surface area contributed by atoms with Gasteiger partial charge in [0.25, 0.3) is 5.91 Å². The topological polar surface area (TPSA) is 57.1 Å². The van der Waals surface area contributed by atoms with Crippen molar-refractivity contribution in [3.05, 3.63) is 29.8 Å². The van der Waals surface area contributed by atoms with Crippen LogP contribution in [0.5, 0.6) is 0 Å². The van der Waals surface area contributed by atoms with Gasteiger partial charge in [-0.15, -0.1) is 0 Å². The number of carbonyl (C=O) groups is 2. The molecule has 0 bridgehead atoms. The third kappa shape index (κ3) is 3.57. The first kappa shape index (κ1) is 16.3. The second-order valence-electron chi connectivity index (χ2n) is 6.03. The van der Waals surface area contributed by atoms with E-state index in [1.54, 1.807) is 0 Å². The minimum atomic E-state index is -0.278. The van der Waals surface area contributed by atoms with Crippen LogP contribution in [0.2, 0.25) is 0 Å². The molecule has 22 heavy (non-hydrogen) atoms. The van der Waals surface area contributed by atoms with Crippen molar-refractivity contribution in [3.63, 3.8) is 0 Å². The van der Waals surface area contributed by atoms with E-state index in [1.165, 1.54) is 10.5 Å². The van der Waals surface area contributed by atoms with E-state index in [0.717, 1.165) is 17.1 Å². The van der Waals surface area contributed by atoms with E-state index in [4.69, 9.17) is 0 Å². The number of rotatable bonds is 5. The number of carbonyl (C=O) groups excluding carboxylic acids is 2. The van der Waals surface area contributed by atoms with E-state index < -0.39 is 0 Å². The molecule has 2 N–H and O–H groups in total. The molecule has 0 aromatic heterocycles. The van der Waals surface area contributed by atoms with Gasteiger partial charge in [-0.05, 0) is 19.1 Å². The Morgan fingerprint density at radius 2 is 2.00 bits per heavy atom. The molecular formula is C16H25N4O2+. The fourth-order valence-electron chi connectivity index (χ4n) is 2.51. The monoisotopic (exact) mass is 305 g/mol. The average Bonchev–Trinajstić information content (AvgIpc) is 2.92. The van der Waals surface area contributed by atoms with Crippen molar-refractivity contribution < 1.29 is 14.5 Å². The van der Waals surface area contributed by atoms with Crippen LogP contribution < -0.4 is 15.1 Å². The number of anilines is 1. The van der Waals surface area contributed by atoms with Crippen LogP contribution in [0.4, 0.5) is 10.5 Å². The van der Waals surface area contributed by atoms with E-state index >= 15 is 0 Å². The van der Waals surface area contributed by atoms with Gasteiger partial charge >= 0.3 is 6.03 Å². The van der Waals surface area contributed by atoms with E-state index in [2.05, 4.69) is 34.5 Å². The number of nitrogens with one attached hydrogen (secondary N) is 2. The van der Waals surface area contributed by atoms with Gasteiger partial charge in [-0.3, -0.25) is 9.69 Å². The molecule has 1 aromatic carbocycles. The van der Waals surface area contributed by atoms with Crippen LogP contribution in [0.25, 0.3) is 0 Å². The number of hydrogen-bond donors (Lipinski definition) is 2. The number of imide groups is 1. The molecule has 1 saturated heterocycles. The van der Waals surface area contributed by atoms with Crippen LogP contribution in [0.1, 0.15) is 12.5 Å². The fraction of sp³-hybridized carbons (Fsp3) is 0.500. The van der Waals surface area contributed by atoms with E-state index in [-0.39, 0.29) is 18.0 Å². The molecular weight excluding hydrogens is 280 g/mol. The summed E-state index contributed by atoms with van der Waals surface area (Å²) in [6.45, 7) is 3.63. The Labute approximate surface area is 131 Å². The summed E-state index contributed by atoms with van der Waals surface area (Å²) in [5.41, 5.74) is 2.33. The number of quaternary nitrogens is 1. The van der Waals surface area contributed by atoms with Crippen LogP contribution in [0, 0.1) is 0 Å². The van der Waals surface area contributed by atoms with Crippen molar-refractivity contribution in [2.75, 3.05) is 39.1 Å². The van der Waals surface area contributed by atoms with Crippen molar-refractivity contribution in [2.45, 2.75) is 19.5 Å². The number of likely N-dealkylation sites (N-methyl/N-ethyl adjacent to an activating group) is 1. The Bertz CT molecular complexity index is 542. The number of urea groups is 1. The van der Waals surface area contributed by atoms with Gasteiger partial charge in [0.2, 0.25) is 0 Å². The second-order valence-corrected chi connectivity index (χ2v) is 6.03. The molecule has 1 aromatic rings. The largest absolute Gasteiger partial charge is 0.378 e. The molecule has 2 atom stereocenters. The molecule has 1 unspecified atom stereocenters. The average molecular weight is 305 g/mol. The van der Waals surface area contributed by atoms with Gasteiger partial charge in [-0.1, -0.05) is 12.1 Å². The molecule has 1 aliphatic rings. The normalized spacial score (nSPS) is 17.1. The second kappa shape index (κ2) is 6.79. The molecule has 120 valence electrons. The summed E-state index contributed by atoms with van der Waals surface area (Å²) in [5.74, 6) is -0.114. The molecule has 6 nitrogen and oxygen atoms in total. The van der Waals surface area contributed by atoms with Gasteiger partial charge < -0.3 is 15.1 Å². The summed E-state index contributed by atoms with van der Waals surface area (Å²) in [6.07, 6.45) is 0. The lowest BCUT2D eigenvalue weighted by Gasteiger charge is -2.24. The van der Waals surface area contributed by atoms with E-state index in [9.17, 15) is 9.59 Å². The maximum atomic E-state index is 12.4. The number of amides is 3. The van der Waals surface area contributed by atoms with Crippen LogP contribution >= 0.6 is 0 Å². The van der Waals surface area contributed by atoms with E-state index in [0.29, 0.717) is 13.1 Å². The molecule has 6 heteroatoms. The lowest BCUT2D eigenvalue weighted by Crippen LogP contribution is -3.12. The van der Waals surface area contributed by atoms with Crippen molar-refractivity contribution in [1.29, 1.82) is 0 Å². The van der Waals surface area contributed by atoms with Crippen LogP contribution in [0.15, 0.2) is 24.3 Å². The summed E-state index contributed by atoms with van der Waals surface area (Å²) >= 11 is 0. The lowest BCUT2D eigenvalue weighted by atomic mass is 10.1. The predicted molar refractivity (Wildman–Crippen MR) is 85.9 cm³/mol. The molecule has 0 spiro atoms. The van der Waals surface area contributed by atoms with Crippen molar-refractivity contribution >= 4 is 17.6 Å². The third-order valence-electron chi connectivity index (χ3n) is 4.17. The first-order chi connectivity index (χ1) is 10.4. The highest BCUT2D eigenvalue weighted by atomic mass is 16.2. The number of nitrogens with zero attached hydrogens (tertiary/aromatic N) is 2. The first-order valence-corrected chi connectivity index (χ1v) is 7.58. The van der Waals surface area contributed by atoms with Gasteiger partial charge in [0, 0.05) is 38.4 Å². The maximum absolute atomic E-state index is 12.4. The van der Waals surface area contributed by atoms with Crippen molar-refractivity contribution in [3.8, 4) is 0 Å². The number of hydrogen-bond acceptors (Lipinski definition) is 3. The standard InChI is InChI=1S/C16H24N4O2/c1-12(15(21)20-10-9-17-16(20)22)19(4)11-13-5-7-14(8-6-13)18(2)3/h5-8,12H,9-11H2,1-4H3,(H,17,22)/p+1/t12-/m1/s1. The summed E-state index contributed by atoms with van der Waals surface area (Å²) in [6, 6.07) is 7.78. The summed E-state index contributed by atoms with van der Waals surface area (Å²) in [5, 5.41) is 2.66.